The average Bonchev–Trinajstić information content (AvgIpc) is 2.39. The molecule has 19 heavy (non-hydrogen) atoms. The molecule has 1 saturated carbocycles. The van der Waals surface area contributed by atoms with E-state index in [4.69, 9.17) is 9.47 Å². The van der Waals surface area contributed by atoms with E-state index in [1.165, 1.54) is 0 Å². The molecule has 1 spiro atoms. The molecule has 3 nitrogen and oxygen atoms in total. The standard InChI is InChI=1S/C15H19BrO3/c1-18-11-4-6-15(7-5-11)9-13(17)12-3-2-10(16)8-14(12)19-15/h2-3,8,11,13,17H,4-7,9H2,1H3/t11?,13-,15?/m1/s1. The fourth-order valence-electron chi connectivity index (χ4n) is 3.27. The summed E-state index contributed by atoms with van der Waals surface area (Å²) < 4.78 is 12.7. The molecule has 1 aliphatic heterocycles. The van der Waals surface area contributed by atoms with Gasteiger partial charge in [-0.05, 0) is 37.8 Å². The van der Waals surface area contributed by atoms with E-state index in [0.717, 1.165) is 41.5 Å². The summed E-state index contributed by atoms with van der Waals surface area (Å²) in [5.74, 6) is 0.823. The van der Waals surface area contributed by atoms with E-state index < -0.39 is 6.10 Å². The maximum absolute atomic E-state index is 10.4. The number of hydrogen-bond acceptors (Lipinski definition) is 3. The van der Waals surface area contributed by atoms with Crippen molar-refractivity contribution in [1.82, 2.24) is 0 Å². The van der Waals surface area contributed by atoms with Gasteiger partial charge in [-0.3, -0.25) is 0 Å². The Bertz CT molecular complexity index is 466. The fourth-order valence-corrected chi connectivity index (χ4v) is 3.61. The summed E-state index contributed by atoms with van der Waals surface area (Å²) in [6, 6.07) is 5.85. The second-order valence-electron chi connectivity index (χ2n) is 5.62. The van der Waals surface area contributed by atoms with E-state index in [0.29, 0.717) is 12.5 Å². The predicted molar refractivity (Wildman–Crippen MR) is 76.3 cm³/mol. The van der Waals surface area contributed by atoms with E-state index in [9.17, 15) is 5.11 Å². The zero-order valence-corrected chi connectivity index (χ0v) is 12.6. The Morgan fingerprint density at radius 1 is 1.37 bits per heavy atom. The summed E-state index contributed by atoms with van der Waals surface area (Å²) in [5, 5.41) is 10.4. The topological polar surface area (TPSA) is 38.7 Å². The Morgan fingerprint density at radius 3 is 2.79 bits per heavy atom. The first-order chi connectivity index (χ1) is 9.12. The summed E-state index contributed by atoms with van der Waals surface area (Å²) in [7, 11) is 1.77. The molecule has 1 fully saturated rings. The minimum Gasteiger partial charge on any atom is -0.487 e. The van der Waals surface area contributed by atoms with Crippen molar-refractivity contribution in [2.45, 2.75) is 49.9 Å². The van der Waals surface area contributed by atoms with E-state index in [1.807, 2.05) is 18.2 Å². The number of aliphatic hydroxyl groups excluding tert-OH is 1. The smallest absolute Gasteiger partial charge is 0.127 e. The molecule has 0 unspecified atom stereocenters. The normalized spacial score (nSPS) is 33.8. The fraction of sp³-hybridized carbons (Fsp3) is 0.600. The third kappa shape index (κ3) is 2.54. The van der Waals surface area contributed by atoms with Crippen molar-refractivity contribution in [3.8, 4) is 5.75 Å². The Morgan fingerprint density at radius 2 is 2.11 bits per heavy atom. The van der Waals surface area contributed by atoms with Gasteiger partial charge in [0.25, 0.3) is 0 Å². The molecule has 1 aromatic carbocycles. The molecule has 1 atom stereocenters. The van der Waals surface area contributed by atoms with Gasteiger partial charge in [0.2, 0.25) is 0 Å². The second-order valence-corrected chi connectivity index (χ2v) is 6.54. The highest BCUT2D eigenvalue weighted by molar-refractivity contribution is 9.10. The minimum atomic E-state index is -0.420. The lowest BCUT2D eigenvalue weighted by Gasteiger charge is -2.44. The van der Waals surface area contributed by atoms with Crippen molar-refractivity contribution in [3.05, 3.63) is 28.2 Å². The molecule has 4 heteroatoms. The van der Waals surface area contributed by atoms with Gasteiger partial charge < -0.3 is 14.6 Å². The minimum absolute atomic E-state index is 0.206. The molecular formula is C15H19BrO3. The molecule has 0 saturated heterocycles. The van der Waals surface area contributed by atoms with E-state index in [1.54, 1.807) is 7.11 Å². The summed E-state index contributed by atoms with van der Waals surface area (Å²) in [5.41, 5.74) is 0.699. The molecule has 3 rings (SSSR count). The highest BCUT2D eigenvalue weighted by Crippen LogP contribution is 2.46. The third-order valence-electron chi connectivity index (χ3n) is 4.40. The zero-order valence-electron chi connectivity index (χ0n) is 11.1. The molecule has 0 amide bonds. The monoisotopic (exact) mass is 326 g/mol. The van der Waals surface area contributed by atoms with Crippen LogP contribution in [0.3, 0.4) is 0 Å². The second kappa shape index (κ2) is 5.08. The lowest BCUT2D eigenvalue weighted by atomic mass is 9.77. The number of halogens is 1. The van der Waals surface area contributed by atoms with Gasteiger partial charge in [0, 0.05) is 23.6 Å². The summed E-state index contributed by atoms with van der Waals surface area (Å²) in [6.45, 7) is 0. The van der Waals surface area contributed by atoms with Crippen molar-refractivity contribution in [2.75, 3.05) is 7.11 Å². The van der Waals surface area contributed by atoms with Crippen LogP contribution in [0.1, 0.15) is 43.8 Å². The maximum Gasteiger partial charge on any atom is 0.127 e. The van der Waals surface area contributed by atoms with Gasteiger partial charge in [-0.2, -0.15) is 0 Å². The first kappa shape index (κ1) is 13.4. The predicted octanol–water partition coefficient (Wildman–Crippen LogP) is 3.59. The van der Waals surface area contributed by atoms with Crippen molar-refractivity contribution >= 4 is 15.9 Å². The summed E-state index contributed by atoms with van der Waals surface area (Å²) >= 11 is 3.46. The number of hydrogen-bond donors (Lipinski definition) is 1. The van der Waals surface area contributed by atoms with Gasteiger partial charge in [0.1, 0.15) is 11.4 Å². The van der Waals surface area contributed by atoms with Crippen LogP contribution in [0, 0.1) is 0 Å². The molecule has 1 aromatic rings. The number of methoxy groups -OCH3 is 1. The first-order valence-electron chi connectivity index (χ1n) is 6.81. The van der Waals surface area contributed by atoms with E-state index in [2.05, 4.69) is 15.9 Å². The lowest BCUT2D eigenvalue weighted by molar-refractivity contribution is -0.0672. The van der Waals surface area contributed by atoms with Gasteiger partial charge in [-0.15, -0.1) is 0 Å². The van der Waals surface area contributed by atoms with Crippen LogP contribution in [0.4, 0.5) is 0 Å². The van der Waals surface area contributed by atoms with Crippen LogP contribution < -0.4 is 4.74 Å². The van der Waals surface area contributed by atoms with E-state index in [-0.39, 0.29) is 5.60 Å². The van der Waals surface area contributed by atoms with Crippen LogP contribution in [0.25, 0.3) is 0 Å². The van der Waals surface area contributed by atoms with Crippen molar-refractivity contribution in [3.63, 3.8) is 0 Å². The number of rotatable bonds is 1. The van der Waals surface area contributed by atoms with Crippen LogP contribution in [0.15, 0.2) is 22.7 Å². The van der Waals surface area contributed by atoms with Crippen LogP contribution in [0.5, 0.6) is 5.75 Å². The average molecular weight is 327 g/mol. The Labute approximate surface area is 122 Å². The number of ether oxygens (including phenoxy) is 2. The lowest BCUT2D eigenvalue weighted by Crippen LogP contribution is -2.45. The molecule has 104 valence electrons. The third-order valence-corrected chi connectivity index (χ3v) is 4.90. The maximum atomic E-state index is 10.4. The molecule has 0 bridgehead atoms. The van der Waals surface area contributed by atoms with Gasteiger partial charge in [-0.25, -0.2) is 0 Å². The van der Waals surface area contributed by atoms with Crippen LogP contribution in [-0.4, -0.2) is 23.9 Å². The molecule has 0 aromatic heterocycles. The van der Waals surface area contributed by atoms with Gasteiger partial charge >= 0.3 is 0 Å². The number of aliphatic hydroxyl groups is 1. The van der Waals surface area contributed by atoms with Crippen molar-refractivity contribution in [2.24, 2.45) is 0 Å². The number of benzene rings is 1. The van der Waals surface area contributed by atoms with Gasteiger partial charge in [-0.1, -0.05) is 22.0 Å². The van der Waals surface area contributed by atoms with Crippen molar-refractivity contribution in [1.29, 1.82) is 0 Å². The highest BCUT2D eigenvalue weighted by Gasteiger charge is 2.43. The molecule has 2 aliphatic rings. The SMILES string of the molecule is COC1CCC2(CC1)C[C@@H](O)c1ccc(Br)cc1O2. The van der Waals surface area contributed by atoms with Crippen LogP contribution in [0.2, 0.25) is 0 Å². The Balaban J connectivity index is 1.84. The van der Waals surface area contributed by atoms with Gasteiger partial charge in [0.15, 0.2) is 0 Å². The molecular weight excluding hydrogens is 308 g/mol. The summed E-state index contributed by atoms with van der Waals surface area (Å²) in [6.07, 6.45) is 4.53. The Kier molecular flexibility index (Phi) is 3.58. The molecule has 1 heterocycles. The molecule has 0 radical (unpaired) electrons. The Hall–Kier alpha value is -0.580. The largest absolute Gasteiger partial charge is 0.487 e. The first-order valence-corrected chi connectivity index (χ1v) is 7.60. The summed E-state index contributed by atoms with van der Waals surface area (Å²) in [4.78, 5) is 0. The van der Waals surface area contributed by atoms with Gasteiger partial charge in [0.05, 0.1) is 12.2 Å². The van der Waals surface area contributed by atoms with Crippen LogP contribution in [-0.2, 0) is 4.74 Å². The molecule has 1 N–H and O–H groups in total. The molecule has 1 aliphatic carbocycles. The zero-order chi connectivity index (χ0) is 13.5. The van der Waals surface area contributed by atoms with E-state index >= 15 is 0 Å². The highest BCUT2D eigenvalue weighted by atomic mass is 79.9. The quantitative estimate of drug-likeness (QED) is 0.857. The number of fused-ring (bicyclic) bond motifs is 1. The van der Waals surface area contributed by atoms with Crippen LogP contribution >= 0.6 is 15.9 Å². The van der Waals surface area contributed by atoms with Crippen molar-refractivity contribution < 1.29 is 14.6 Å².